The zero-order chi connectivity index (χ0) is 8.91. The van der Waals surface area contributed by atoms with E-state index in [1.807, 2.05) is 13.8 Å². The van der Waals surface area contributed by atoms with Gasteiger partial charge in [-0.3, -0.25) is 0 Å². The second kappa shape index (κ2) is 4.70. The fourth-order valence-electron chi connectivity index (χ4n) is 1.30. The van der Waals surface area contributed by atoms with E-state index in [1.54, 1.807) is 0 Å². The molecule has 1 unspecified atom stereocenters. The lowest BCUT2D eigenvalue weighted by molar-refractivity contribution is -0.0180. The van der Waals surface area contributed by atoms with Gasteiger partial charge in [0, 0.05) is 12.0 Å². The van der Waals surface area contributed by atoms with Gasteiger partial charge in [-0.2, -0.15) is 0 Å². The Morgan fingerprint density at radius 1 is 1.36 bits per heavy atom. The Morgan fingerprint density at radius 2 is 1.82 bits per heavy atom. The van der Waals surface area contributed by atoms with E-state index in [4.69, 9.17) is 10.8 Å². The summed E-state index contributed by atoms with van der Waals surface area (Å²) in [4.78, 5) is 0. The molecular weight excluding hydrogens is 142 g/mol. The summed E-state index contributed by atoms with van der Waals surface area (Å²) >= 11 is 0. The first-order valence-electron chi connectivity index (χ1n) is 4.15. The summed E-state index contributed by atoms with van der Waals surface area (Å²) < 4.78 is 0. The van der Waals surface area contributed by atoms with Crippen molar-refractivity contribution in [3.05, 3.63) is 0 Å². The van der Waals surface area contributed by atoms with E-state index in [9.17, 15) is 5.11 Å². The molecule has 3 nitrogen and oxygen atoms in total. The molecule has 0 aromatic carbocycles. The van der Waals surface area contributed by atoms with Crippen molar-refractivity contribution in [2.45, 2.75) is 32.8 Å². The molecule has 0 radical (unpaired) electrons. The molecule has 0 amide bonds. The van der Waals surface area contributed by atoms with Gasteiger partial charge in [-0.25, -0.2) is 0 Å². The van der Waals surface area contributed by atoms with Crippen molar-refractivity contribution < 1.29 is 10.2 Å². The summed E-state index contributed by atoms with van der Waals surface area (Å²) in [6.07, 6.45) is 0.944. The Morgan fingerprint density at radius 3 is 1.91 bits per heavy atom. The number of hydrogen-bond donors (Lipinski definition) is 3. The van der Waals surface area contributed by atoms with Gasteiger partial charge >= 0.3 is 0 Å². The van der Waals surface area contributed by atoms with Gasteiger partial charge in [0.1, 0.15) is 0 Å². The average Bonchev–Trinajstić information content (AvgIpc) is 2.08. The molecule has 4 N–H and O–H groups in total. The molecule has 0 saturated heterocycles. The smallest absolute Gasteiger partial charge is 0.0740 e. The van der Waals surface area contributed by atoms with Crippen LogP contribution in [0.5, 0.6) is 0 Å². The highest BCUT2D eigenvalue weighted by molar-refractivity contribution is 4.83. The van der Waals surface area contributed by atoms with Gasteiger partial charge in [-0.05, 0) is 12.8 Å². The molecule has 0 fully saturated rings. The highest BCUT2D eigenvalue weighted by Gasteiger charge is 2.32. The first kappa shape index (κ1) is 10.9. The van der Waals surface area contributed by atoms with E-state index in [1.165, 1.54) is 0 Å². The third kappa shape index (κ3) is 2.15. The molecule has 1 atom stereocenters. The van der Waals surface area contributed by atoms with Crippen LogP contribution in [-0.4, -0.2) is 29.5 Å². The number of nitrogens with two attached hydrogens (primary N) is 1. The summed E-state index contributed by atoms with van der Waals surface area (Å²) in [5.41, 5.74) is 4.94. The number of aliphatic hydroxyl groups excluding tert-OH is 2. The van der Waals surface area contributed by atoms with E-state index >= 15 is 0 Å². The van der Waals surface area contributed by atoms with Crippen molar-refractivity contribution in [1.29, 1.82) is 0 Å². The summed E-state index contributed by atoms with van der Waals surface area (Å²) in [7, 11) is 0. The Kier molecular flexibility index (Phi) is 4.65. The SMILES string of the molecule is CCC(CC)(CO)C(O)CN. The monoisotopic (exact) mass is 161 g/mol. The normalized spacial score (nSPS) is 15.0. The fourth-order valence-corrected chi connectivity index (χ4v) is 1.30. The third-order valence-corrected chi connectivity index (χ3v) is 2.65. The summed E-state index contributed by atoms with van der Waals surface area (Å²) in [6.45, 7) is 4.15. The molecule has 0 spiro atoms. The maximum atomic E-state index is 9.48. The van der Waals surface area contributed by atoms with Gasteiger partial charge in [0.2, 0.25) is 0 Å². The molecule has 3 heteroatoms. The van der Waals surface area contributed by atoms with Crippen molar-refractivity contribution in [1.82, 2.24) is 0 Å². The van der Waals surface area contributed by atoms with Crippen LogP contribution in [0.15, 0.2) is 0 Å². The molecule has 0 aliphatic carbocycles. The molecule has 68 valence electrons. The molecule has 0 heterocycles. The molecule has 0 bridgehead atoms. The van der Waals surface area contributed by atoms with Crippen molar-refractivity contribution in [3.63, 3.8) is 0 Å². The topological polar surface area (TPSA) is 66.5 Å². The summed E-state index contributed by atoms with van der Waals surface area (Å²) in [5.74, 6) is 0. The number of aliphatic hydroxyl groups is 2. The molecule has 0 rings (SSSR count). The summed E-state index contributed by atoms with van der Waals surface area (Å²) in [5, 5.41) is 18.5. The van der Waals surface area contributed by atoms with Crippen LogP contribution in [0.25, 0.3) is 0 Å². The van der Waals surface area contributed by atoms with Gasteiger partial charge < -0.3 is 15.9 Å². The van der Waals surface area contributed by atoms with Crippen LogP contribution >= 0.6 is 0 Å². The van der Waals surface area contributed by atoms with Crippen LogP contribution < -0.4 is 5.73 Å². The standard InChI is InChI=1S/C8H19NO2/c1-3-8(4-2,6-10)7(11)5-9/h7,10-11H,3-6,9H2,1-2H3. The minimum atomic E-state index is -0.581. The fraction of sp³-hybridized carbons (Fsp3) is 1.00. The minimum Gasteiger partial charge on any atom is -0.396 e. The predicted molar refractivity (Wildman–Crippen MR) is 45.2 cm³/mol. The molecular formula is C8H19NO2. The number of rotatable bonds is 5. The van der Waals surface area contributed by atoms with Crippen LogP contribution in [0.3, 0.4) is 0 Å². The summed E-state index contributed by atoms with van der Waals surface area (Å²) in [6, 6.07) is 0. The lowest BCUT2D eigenvalue weighted by Gasteiger charge is -2.33. The van der Waals surface area contributed by atoms with Crippen LogP contribution in [0.4, 0.5) is 0 Å². The van der Waals surface area contributed by atoms with E-state index < -0.39 is 6.10 Å². The Bertz CT molecular complexity index is 94.0. The van der Waals surface area contributed by atoms with E-state index in [-0.39, 0.29) is 18.6 Å². The minimum absolute atomic E-state index is 0.0123. The van der Waals surface area contributed by atoms with E-state index in [2.05, 4.69) is 0 Å². The van der Waals surface area contributed by atoms with Crippen molar-refractivity contribution in [2.75, 3.05) is 13.2 Å². The zero-order valence-corrected chi connectivity index (χ0v) is 7.38. The largest absolute Gasteiger partial charge is 0.396 e. The first-order valence-corrected chi connectivity index (χ1v) is 4.15. The van der Waals surface area contributed by atoms with Crippen LogP contribution in [-0.2, 0) is 0 Å². The maximum Gasteiger partial charge on any atom is 0.0740 e. The number of hydrogen-bond acceptors (Lipinski definition) is 3. The lowest BCUT2D eigenvalue weighted by Crippen LogP contribution is -2.42. The lowest BCUT2D eigenvalue weighted by atomic mass is 9.78. The highest BCUT2D eigenvalue weighted by atomic mass is 16.3. The highest BCUT2D eigenvalue weighted by Crippen LogP contribution is 2.29. The molecule has 0 aliphatic rings. The average molecular weight is 161 g/mol. The first-order chi connectivity index (χ1) is 5.16. The second-order valence-corrected chi connectivity index (χ2v) is 2.98. The maximum absolute atomic E-state index is 9.48. The molecule has 0 aromatic rings. The van der Waals surface area contributed by atoms with Crippen LogP contribution in [0.1, 0.15) is 26.7 Å². The van der Waals surface area contributed by atoms with Gasteiger partial charge in [0.25, 0.3) is 0 Å². The van der Waals surface area contributed by atoms with Crippen molar-refractivity contribution in [2.24, 2.45) is 11.1 Å². The second-order valence-electron chi connectivity index (χ2n) is 2.98. The van der Waals surface area contributed by atoms with Gasteiger partial charge in [-0.15, -0.1) is 0 Å². The third-order valence-electron chi connectivity index (χ3n) is 2.65. The zero-order valence-electron chi connectivity index (χ0n) is 7.38. The molecule has 0 saturated carbocycles. The Balaban J connectivity index is 4.26. The molecule has 0 aromatic heterocycles. The quantitative estimate of drug-likeness (QED) is 0.536. The van der Waals surface area contributed by atoms with Gasteiger partial charge in [0.05, 0.1) is 12.7 Å². The van der Waals surface area contributed by atoms with Gasteiger partial charge in [0.15, 0.2) is 0 Å². The van der Waals surface area contributed by atoms with Crippen molar-refractivity contribution in [3.8, 4) is 0 Å². The molecule has 0 aliphatic heterocycles. The van der Waals surface area contributed by atoms with Gasteiger partial charge in [-0.1, -0.05) is 13.8 Å². The predicted octanol–water partition coefficient (Wildman–Crippen LogP) is 0.105. The van der Waals surface area contributed by atoms with E-state index in [0.717, 1.165) is 12.8 Å². The van der Waals surface area contributed by atoms with Crippen LogP contribution in [0.2, 0.25) is 0 Å². The molecule has 11 heavy (non-hydrogen) atoms. The Labute approximate surface area is 68.2 Å². The van der Waals surface area contributed by atoms with Crippen LogP contribution in [0, 0.1) is 5.41 Å². The van der Waals surface area contributed by atoms with Crippen molar-refractivity contribution >= 4 is 0 Å². The van der Waals surface area contributed by atoms with E-state index in [0.29, 0.717) is 0 Å². The Hall–Kier alpha value is -0.120.